The SMILES string of the molecule is FC(F)(F)c1cccc([C@H]2NCCc3[nH]cnc32)c1. The Morgan fingerprint density at radius 1 is 1.26 bits per heavy atom. The van der Waals surface area contributed by atoms with Crippen LogP contribution in [0.1, 0.15) is 28.6 Å². The molecule has 1 aliphatic heterocycles. The summed E-state index contributed by atoms with van der Waals surface area (Å²) >= 11 is 0. The Bertz CT molecular complexity index is 589. The fraction of sp³-hybridized carbons (Fsp3) is 0.308. The fourth-order valence-electron chi connectivity index (χ4n) is 2.39. The molecule has 0 saturated heterocycles. The van der Waals surface area contributed by atoms with Gasteiger partial charge in [-0.1, -0.05) is 12.1 Å². The van der Waals surface area contributed by atoms with Crippen LogP contribution in [0, 0.1) is 0 Å². The third-order valence-electron chi connectivity index (χ3n) is 3.30. The van der Waals surface area contributed by atoms with Gasteiger partial charge in [0, 0.05) is 18.7 Å². The smallest absolute Gasteiger partial charge is 0.348 e. The Morgan fingerprint density at radius 2 is 2.11 bits per heavy atom. The number of nitrogens with zero attached hydrogens (tertiary/aromatic N) is 1. The largest absolute Gasteiger partial charge is 0.416 e. The molecule has 0 unspecified atom stereocenters. The van der Waals surface area contributed by atoms with E-state index >= 15 is 0 Å². The van der Waals surface area contributed by atoms with Crippen molar-refractivity contribution >= 4 is 0 Å². The topological polar surface area (TPSA) is 40.7 Å². The molecule has 1 atom stereocenters. The van der Waals surface area contributed by atoms with Crippen molar-refractivity contribution in [1.82, 2.24) is 15.3 Å². The van der Waals surface area contributed by atoms with E-state index in [-0.39, 0.29) is 6.04 Å². The Morgan fingerprint density at radius 3 is 2.89 bits per heavy atom. The molecule has 0 amide bonds. The van der Waals surface area contributed by atoms with Crippen LogP contribution in [0.15, 0.2) is 30.6 Å². The molecule has 1 aromatic heterocycles. The van der Waals surface area contributed by atoms with Crippen LogP contribution in [0.2, 0.25) is 0 Å². The molecule has 2 N–H and O–H groups in total. The van der Waals surface area contributed by atoms with Gasteiger partial charge >= 0.3 is 6.18 Å². The van der Waals surface area contributed by atoms with Gasteiger partial charge in [0.1, 0.15) is 0 Å². The van der Waals surface area contributed by atoms with Crippen molar-refractivity contribution in [2.45, 2.75) is 18.6 Å². The van der Waals surface area contributed by atoms with E-state index in [0.717, 1.165) is 30.4 Å². The number of fused-ring (bicyclic) bond motifs is 1. The first-order valence-electron chi connectivity index (χ1n) is 5.98. The normalized spacial score (nSPS) is 19.2. The van der Waals surface area contributed by atoms with Crippen molar-refractivity contribution in [3.63, 3.8) is 0 Å². The Kier molecular flexibility index (Phi) is 2.82. The standard InChI is InChI=1S/C13H12F3N3/c14-13(15,16)9-3-1-2-8(6-9)11-12-10(4-5-17-11)18-7-19-12/h1-3,6-7,11,17H,4-5H2,(H,18,19)/t11-/m1/s1. The molecule has 6 heteroatoms. The van der Waals surface area contributed by atoms with Gasteiger partial charge < -0.3 is 10.3 Å². The zero-order valence-electron chi connectivity index (χ0n) is 9.96. The average molecular weight is 267 g/mol. The van der Waals surface area contributed by atoms with Crippen LogP contribution in [-0.2, 0) is 12.6 Å². The number of alkyl halides is 3. The maximum atomic E-state index is 12.7. The summed E-state index contributed by atoms with van der Waals surface area (Å²) in [6, 6.07) is 5.11. The lowest BCUT2D eigenvalue weighted by molar-refractivity contribution is -0.137. The Hall–Kier alpha value is -1.82. The lowest BCUT2D eigenvalue weighted by Crippen LogP contribution is -2.30. The zero-order chi connectivity index (χ0) is 13.5. The summed E-state index contributed by atoms with van der Waals surface area (Å²) in [4.78, 5) is 7.24. The maximum absolute atomic E-state index is 12.7. The number of halogens is 3. The van der Waals surface area contributed by atoms with Crippen LogP contribution in [0.5, 0.6) is 0 Å². The molecule has 0 aliphatic carbocycles. The van der Waals surface area contributed by atoms with Crippen molar-refractivity contribution in [3.05, 3.63) is 53.1 Å². The van der Waals surface area contributed by atoms with Gasteiger partial charge in [0.25, 0.3) is 0 Å². The molecule has 3 nitrogen and oxygen atoms in total. The molecule has 0 fully saturated rings. The van der Waals surface area contributed by atoms with Crippen molar-refractivity contribution in [2.75, 3.05) is 6.54 Å². The second-order valence-corrected chi connectivity index (χ2v) is 4.53. The van der Waals surface area contributed by atoms with Gasteiger partial charge in [-0.2, -0.15) is 13.2 Å². The summed E-state index contributed by atoms with van der Waals surface area (Å²) in [6.45, 7) is 0.718. The highest BCUT2D eigenvalue weighted by molar-refractivity contribution is 5.35. The minimum atomic E-state index is -4.32. The summed E-state index contributed by atoms with van der Waals surface area (Å²) in [5, 5.41) is 3.21. The summed E-state index contributed by atoms with van der Waals surface area (Å²) in [7, 11) is 0. The molecule has 0 spiro atoms. The lowest BCUT2D eigenvalue weighted by atomic mass is 9.96. The maximum Gasteiger partial charge on any atom is 0.416 e. The second-order valence-electron chi connectivity index (χ2n) is 4.53. The summed E-state index contributed by atoms with van der Waals surface area (Å²) < 4.78 is 38.2. The molecular weight excluding hydrogens is 255 g/mol. The van der Waals surface area contributed by atoms with Gasteiger partial charge in [-0.05, 0) is 17.7 Å². The number of benzene rings is 1. The fourth-order valence-corrected chi connectivity index (χ4v) is 2.39. The van der Waals surface area contributed by atoms with Crippen LogP contribution in [0.4, 0.5) is 13.2 Å². The monoisotopic (exact) mass is 267 g/mol. The minimum Gasteiger partial charge on any atom is -0.348 e. The predicted octanol–water partition coefficient (Wildman–Crippen LogP) is 2.66. The number of hydrogen-bond acceptors (Lipinski definition) is 2. The van der Waals surface area contributed by atoms with Crippen molar-refractivity contribution in [3.8, 4) is 0 Å². The number of imidazole rings is 1. The molecule has 0 bridgehead atoms. The van der Waals surface area contributed by atoms with Gasteiger partial charge in [0.15, 0.2) is 0 Å². The quantitative estimate of drug-likeness (QED) is 0.834. The lowest BCUT2D eigenvalue weighted by Gasteiger charge is -2.24. The van der Waals surface area contributed by atoms with E-state index in [9.17, 15) is 13.2 Å². The minimum absolute atomic E-state index is 0.280. The van der Waals surface area contributed by atoms with Gasteiger partial charge in [0.05, 0.1) is 23.6 Å². The van der Waals surface area contributed by atoms with E-state index in [1.165, 1.54) is 12.1 Å². The van der Waals surface area contributed by atoms with Crippen LogP contribution in [0.3, 0.4) is 0 Å². The van der Waals surface area contributed by atoms with Crippen LogP contribution >= 0.6 is 0 Å². The first kappa shape index (κ1) is 12.2. The highest BCUT2D eigenvalue weighted by atomic mass is 19.4. The van der Waals surface area contributed by atoms with Gasteiger partial charge in [-0.3, -0.25) is 0 Å². The molecule has 2 heterocycles. The molecule has 1 aromatic carbocycles. The molecule has 0 saturated carbocycles. The zero-order valence-corrected chi connectivity index (χ0v) is 9.96. The van der Waals surface area contributed by atoms with E-state index < -0.39 is 11.7 Å². The number of aromatic nitrogens is 2. The van der Waals surface area contributed by atoms with E-state index in [1.807, 2.05) is 0 Å². The number of nitrogens with one attached hydrogen (secondary N) is 2. The molecule has 100 valence electrons. The highest BCUT2D eigenvalue weighted by Gasteiger charge is 2.32. The Balaban J connectivity index is 2.01. The first-order chi connectivity index (χ1) is 9.05. The summed E-state index contributed by atoms with van der Waals surface area (Å²) in [6.07, 6.45) is -1.93. The number of rotatable bonds is 1. The van der Waals surface area contributed by atoms with E-state index in [0.29, 0.717) is 5.56 Å². The molecule has 3 rings (SSSR count). The van der Waals surface area contributed by atoms with Gasteiger partial charge in [-0.15, -0.1) is 0 Å². The molecule has 2 aromatic rings. The molecular formula is C13H12F3N3. The predicted molar refractivity (Wildman–Crippen MR) is 63.6 cm³/mol. The highest BCUT2D eigenvalue weighted by Crippen LogP contribution is 2.33. The van der Waals surface area contributed by atoms with Crippen molar-refractivity contribution in [1.29, 1.82) is 0 Å². The van der Waals surface area contributed by atoms with E-state index in [1.54, 1.807) is 12.4 Å². The Labute approximate surface area is 107 Å². The summed E-state index contributed by atoms with van der Waals surface area (Å²) in [5.74, 6) is 0. The van der Waals surface area contributed by atoms with Gasteiger partial charge in [0.2, 0.25) is 0 Å². The molecule has 19 heavy (non-hydrogen) atoms. The van der Waals surface area contributed by atoms with E-state index in [2.05, 4.69) is 15.3 Å². The average Bonchev–Trinajstić information content (AvgIpc) is 2.86. The van der Waals surface area contributed by atoms with Crippen LogP contribution in [-0.4, -0.2) is 16.5 Å². The second kappa shape index (κ2) is 4.38. The van der Waals surface area contributed by atoms with Crippen molar-refractivity contribution in [2.24, 2.45) is 0 Å². The van der Waals surface area contributed by atoms with Crippen LogP contribution in [0.25, 0.3) is 0 Å². The third kappa shape index (κ3) is 2.23. The first-order valence-corrected chi connectivity index (χ1v) is 5.98. The van der Waals surface area contributed by atoms with Crippen LogP contribution < -0.4 is 5.32 Å². The number of hydrogen-bond donors (Lipinski definition) is 2. The summed E-state index contributed by atoms with van der Waals surface area (Å²) in [5.41, 5.74) is 1.73. The number of H-pyrrole nitrogens is 1. The number of aromatic amines is 1. The molecule has 0 radical (unpaired) electrons. The van der Waals surface area contributed by atoms with Gasteiger partial charge in [-0.25, -0.2) is 4.98 Å². The van der Waals surface area contributed by atoms with Crippen molar-refractivity contribution < 1.29 is 13.2 Å². The third-order valence-corrected chi connectivity index (χ3v) is 3.30. The molecule has 1 aliphatic rings. The van der Waals surface area contributed by atoms with E-state index in [4.69, 9.17) is 0 Å².